The minimum atomic E-state index is -3.37. The third-order valence-corrected chi connectivity index (χ3v) is 6.80. The lowest BCUT2D eigenvalue weighted by molar-refractivity contribution is -0.0410. The summed E-state index contributed by atoms with van der Waals surface area (Å²) >= 11 is 4.67. The van der Waals surface area contributed by atoms with Crippen LogP contribution in [0.25, 0.3) is 0 Å². The number of hydrogen-bond donors (Lipinski definition) is 0. The van der Waals surface area contributed by atoms with Crippen molar-refractivity contribution in [3.63, 3.8) is 0 Å². The number of morpholine rings is 1. The molecular weight excluding hydrogens is 338 g/mol. The van der Waals surface area contributed by atoms with E-state index in [1.807, 2.05) is 19.9 Å². The molecule has 0 N–H and O–H groups in total. The Bertz CT molecular complexity index is 514. The molecule has 4 nitrogen and oxygen atoms in total. The van der Waals surface area contributed by atoms with E-state index < -0.39 is 10.0 Å². The summed E-state index contributed by atoms with van der Waals surface area (Å²) in [4.78, 5) is 1.01. The molecule has 2 unspecified atom stereocenters. The number of ether oxygens (including phenoxy) is 1. The zero-order valence-electron chi connectivity index (χ0n) is 10.3. The maximum absolute atomic E-state index is 12.5. The molecule has 1 aliphatic heterocycles. The second kappa shape index (κ2) is 5.58. The standard InChI is InChI=1S/C11H16BrNO3S2/c1-8-6-13(7-10(5-12)16-8)18(14,15)11-4-3-9(2)17-11/h3-4,8,10H,5-7H2,1-2H3. The molecule has 1 fully saturated rings. The van der Waals surface area contributed by atoms with Crippen molar-refractivity contribution in [1.29, 1.82) is 0 Å². The van der Waals surface area contributed by atoms with Crippen molar-refractivity contribution in [2.24, 2.45) is 0 Å². The Morgan fingerprint density at radius 3 is 2.78 bits per heavy atom. The fourth-order valence-electron chi connectivity index (χ4n) is 1.96. The van der Waals surface area contributed by atoms with Crippen molar-refractivity contribution in [3.8, 4) is 0 Å². The van der Waals surface area contributed by atoms with Gasteiger partial charge in [0, 0.05) is 23.3 Å². The van der Waals surface area contributed by atoms with E-state index in [9.17, 15) is 8.42 Å². The number of aryl methyl sites for hydroxylation is 1. The van der Waals surface area contributed by atoms with Crippen LogP contribution in [-0.2, 0) is 14.8 Å². The molecule has 2 heterocycles. The third kappa shape index (κ3) is 2.96. The number of thiophene rings is 1. The molecule has 0 saturated carbocycles. The second-order valence-electron chi connectivity index (χ2n) is 4.41. The van der Waals surface area contributed by atoms with Gasteiger partial charge in [-0.05, 0) is 26.0 Å². The zero-order valence-corrected chi connectivity index (χ0v) is 13.5. The Kier molecular flexibility index (Phi) is 4.48. The van der Waals surface area contributed by atoms with Gasteiger partial charge in [-0.3, -0.25) is 0 Å². The molecule has 2 atom stereocenters. The Morgan fingerprint density at radius 1 is 1.50 bits per heavy atom. The van der Waals surface area contributed by atoms with E-state index in [2.05, 4.69) is 15.9 Å². The SMILES string of the molecule is Cc1ccc(S(=O)(=O)N2CC(C)OC(CBr)C2)s1. The lowest BCUT2D eigenvalue weighted by Crippen LogP contribution is -2.49. The molecular formula is C11H16BrNO3S2. The zero-order chi connectivity index (χ0) is 13.3. The summed E-state index contributed by atoms with van der Waals surface area (Å²) in [5, 5.41) is 0.646. The van der Waals surface area contributed by atoms with Crippen molar-refractivity contribution in [2.75, 3.05) is 18.4 Å². The fraction of sp³-hybridized carbons (Fsp3) is 0.636. The number of alkyl halides is 1. The maximum atomic E-state index is 12.5. The van der Waals surface area contributed by atoms with Gasteiger partial charge in [0.25, 0.3) is 10.0 Å². The third-order valence-electron chi connectivity index (χ3n) is 2.77. The quantitative estimate of drug-likeness (QED) is 0.782. The van der Waals surface area contributed by atoms with Gasteiger partial charge in [0.2, 0.25) is 0 Å². The van der Waals surface area contributed by atoms with Crippen molar-refractivity contribution in [3.05, 3.63) is 17.0 Å². The molecule has 0 aromatic carbocycles. The van der Waals surface area contributed by atoms with Crippen LogP contribution < -0.4 is 0 Å². The van der Waals surface area contributed by atoms with E-state index in [1.54, 1.807) is 6.07 Å². The van der Waals surface area contributed by atoms with E-state index in [0.717, 1.165) is 4.88 Å². The average molecular weight is 354 g/mol. The van der Waals surface area contributed by atoms with Crippen LogP contribution in [0.5, 0.6) is 0 Å². The predicted molar refractivity (Wildman–Crippen MR) is 75.9 cm³/mol. The highest BCUT2D eigenvalue weighted by Crippen LogP contribution is 2.27. The lowest BCUT2D eigenvalue weighted by Gasteiger charge is -2.34. The number of hydrogen-bond acceptors (Lipinski definition) is 4. The molecule has 1 aliphatic rings. The summed E-state index contributed by atoms with van der Waals surface area (Å²) in [6.07, 6.45) is -0.151. The maximum Gasteiger partial charge on any atom is 0.252 e. The summed E-state index contributed by atoms with van der Waals surface area (Å²) in [5.74, 6) is 0. The fourth-order valence-corrected chi connectivity index (χ4v) is 5.30. The summed E-state index contributed by atoms with van der Waals surface area (Å²) in [7, 11) is -3.37. The number of nitrogens with zero attached hydrogens (tertiary/aromatic N) is 1. The van der Waals surface area contributed by atoms with Crippen LogP contribution in [0, 0.1) is 6.92 Å². The van der Waals surface area contributed by atoms with E-state index >= 15 is 0 Å². The molecule has 0 aliphatic carbocycles. The first kappa shape index (κ1) is 14.5. The highest BCUT2D eigenvalue weighted by Gasteiger charge is 2.34. The van der Waals surface area contributed by atoms with Crippen molar-refractivity contribution in [2.45, 2.75) is 30.3 Å². The smallest absolute Gasteiger partial charge is 0.252 e. The van der Waals surface area contributed by atoms with E-state index in [4.69, 9.17) is 4.74 Å². The van der Waals surface area contributed by atoms with Gasteiger partial charge in [-0.2, -0.15) is 4.31 Å². The van der Waals surface area contributed by atoms with Gasteiger partial charge in [-0.15, -0.1) is 11.3 Å². The van der Waals surface area contributed by atoms with Crippen LogP contribution in [0.15, 0.2) is 16.3 Å². The van der Waals surface area contributed by atoms with Crippen LogP contribution in [0.4, 0.5) is 0 Å². The first-order valence-electron chi connectivity index (χ1n) is 5.71. The molecule has 1 aromatic rings. The van der Waals surface area contributed by atoms with Crippen LogP contribution in [-0.4, -0.2) is 43.4 Å². The van der Waals surface area contributed by atoms with Crippen molar-refractivity contribution in [1.82, 2.24) is 4.31 Å². The van der Waals surface area contributed by atoms with Crippen LogP contribution in [0.1, 0.15) is 11.8 Å². The lowest BCUT2D eigenvalue weighted by atomic mass is 10.3. The largest absolute Gasteiger partial charge is 0.372 e. The van der Waals surface area contributed by atoms with Crippen LogP contribution >= 0.6 is 27.3 Å². The molecule has 0 bridgehead atoms. The van der Waals surface area contributed by atoms with Gasteiger partial charge in [0.1, 0.15) is 4.21 Å². The highest BCUT2D eigenvalue weighted by molar-refractivity contribution is 9.09. The molecule has 18 heavy (non-hydrogen) atoms. The Hall–Kier alpha value is 0.0500. The molecule has 2 rings (SSSR count). The summed E-state index contributed by atoms with van der Waals surface area (Å²) in [5.41, 5.74) is 0. The molecule has 7 heteroatoms. The summed E-state index contributed by atoms with van der Waals surface area (Å²) in [6.45, 7) is 4.64. The minimum absolute atomic E-state index is 0.0721. The van der Waals surface area contributed by atoms with Gasteiger partial charge in [-0.25, -0.2) is 8.42 Å². The number of halogens is 1. The van der Waals surface area contributed by atoms with Crippen LogP contribution in [0.2, 0.25) is 0 Å². The first-order chi connectivity index (χ1) is 8.43. The summed E-state index contributed by atoms with van der Waals surface area (Å²) in [6, 6.07) is 3.52. The molecule has 0 amide bonds. The molecule has 102 valence electrons. The average Bonchev–Trinajstić information content (AvgIpc) is 2.75. The molecule has 1 saturated heterocycles. The van der Waals surface area contributed by atoms with Gasteiger partial charge >= 0.3 is 0 Å². The first-order valence-corrected chi connectivity index (χ1v) is 9.09. The highest BCUT2D eigenvalue weighted by atomic mass is 79.9. The van der Waals surface area contributed by atoms with Gasteiger partial charge in [0.05, 0.1) is 12.2 Å². The molecule has 0 radical (unpaired) electrons. The van der Waals surface area contributed by atoms with Crippen molar-refractivity contribution >= 4 is 37.3 Å². The van der Waals surface area contributed by atoms with E-state index in [0.29, 0.717) is 22.6 Å². The minimum Gasteiger partial charge on any atom is -0.372 e. The van der Waals surface area contributed by atoms with Gasteiger partial charge in [-0.1, -0.05) is 15.9 Å². The second-order valence-corrected chi connectivity index (χ2v) is 8.51. The Balaban J connectivity index is 2.24. The van der Waals surface area contributed by atoms with Gasteiger partial charge in [0.15, 0.2) is 0 Å². The van der Waals surface area contributed by atoms with Crippen LogP contribution in [0.3, 0.4) is 0 Å². The van der Waals surface area contributed by atoms with Crippen molar-refractivity contribution < 1.29 is 13.2 Å². The molecule has 1 aromatic heterocycles. The Labute approximate surface area is 120 Å². The summed E-state index contributed by atoms with van der Waals surface area (Å²) < 4.78 is 32.5. The monoisotopic (exact) mass is 353 g/mol. The predicted octanol–water partition coefficient (Wildman–Crippen LogP) is 2.23. The Morgan fingerprint density at radius 2 is 2.22 bits per heavy atom. The number of rotatable bonds is 3. The number of sulfonamides is 1. The normalized spacial score (nSPS) is 26.4. The van der Waals surface area contributed by atoms with E-state index in [-0.39, 0.29) is 12.2 Å². The topological polar surface area (TPSA) is 46.6 Å². The van der Waals surface area contributed by atoms with E-state index in [1.165, 1.54) is 15.6 Å². The van der Waals surface area contributed by atoms with Gasteiger partial charge < -0.3 is 4.74 Å². The molecule has 0 spiro atoms.